The van der Waals surface area contributed by atoms with Crippen LogP contribution in [0.5, 0.6) is 0 Å². The van der Waals surface area contributed by atoms with Gasteiger partial charge in [0.2, 0.25) is 5.91 Å². The first kappa shape index (κ1) is 18.8. The zero-order valence-corrected chi connectivity index (χ0v) is 15.7. The minimum Gasteiger partial charge on any atom is -0.361 e. The summed E-state index contributed by atoms with van der Waals surface area (Å²) in [6.07, 6.45) is 8.29. The van der Waals surface area contributed by atoms with Gasteiger partial charge >= 0.3 is 0 Å². The van der Waals surface area contributed by atoms with E-state index in [0.717, 1.165) is 25.7 Å². The molecule has 142 valence electrons. The Morgan fingerprint density at radius 3 is 2.63 bits per heavy atom. The summed E-state index contributed by atoms with van der Waals surface area (Å²) < 4.78 is 0. The summed E-state index contributed by atoms with van der Waals surface area (Å²) in [7, 11) is 3.69. The summed E-state index contributed by atoms with van der Waals surface area (Å²) in [5.41, 5.74) is 1.63. The molecule has 1 fully saturated rings. The number of nitrogens with one attached hydrogen (secondary N) is 2. The van der Waals surface area contributed by atoms with E-state index >= 15 is 0 Å². The number of carbonyl (C=O) groups excluding carboxylic acids is 2. The van der Waals surface area contributed by atoms with Crippen LogP contribution in [0, 0.1) is 5.92 Å². The normalized spacial score (nSPS) is 14.4. The fraction of sp³-hybridized carbons (Fsp3) is 0.400. The van der Waals surface area contributed by atoms with Crippen molar-refractivity contribution in [2.45, 2.75) is 32.1 Å². The van der Waals surface area contributed by atoms with E-state index in [1.807, 2.05) is 14.1 Å². The zero-order chi connectivity index (χ0) is 19.2. The van der Waals surface area contributed by atoms with Crippen molar-refractivity contribution < 1.29 is 9.59 Å². The molecule has 0 aliphatic heterocycles. The Balaban J connectivity index is 1.69. The molecule has 1 saturated carbocycles. The first-order chi connectivity index (χ1) is 13.0. The van der Waals surface area contributed by atoms with Gasteiger partial charge in [-0.2, -0.15) is 0 Å². The molecule has 0 unspecified atom stereocenters. The van der Waals surface area contributed by atoms with Crippen molar-refractivity contribution in [1.29, 1.82) is 0 Å². The average molecular weight is 367 g/mol. The molecule has 2 N–H and O–H groups in total. The first-order valence-corrected chi connectivity index (χ1v) is 9.24. The first-order valence-electron chi connectivity index (χ1n) is 9.24. The Morgan fingerprint density at radius 2 is 1.89 bits per heavy atom. The average Bonchev–Trinajstić information content (AvgIpc) is 2.69. The standard InChI is InChI=1S/C20H25N5O2/c1-25(2)18-17(12-21-13-22-18)24-20(27)15-9-6-10-16(11-15)23-19(26)14-7-4-3-5-8-14/h6,9-14H,3-5,7-8H2,1-2H3,(H,23,26)(H,24,27). The predicted molar refractivity (Wildman–Crippen MR) is 106 cm³/mol. The van der Waals surface area contributed by atoms with Gasteiger partial charge in [-0.25, -0.2) is 9.97 Å². The van der Waals surface area contributed by atoms with Crippen molar-refractivity contribution in [2.75, 3.05) is 29.6 Å². The Morgan fingerprint density at radius 1 is 1.11 bits per heavy atom. The molecule has 0 radical (unpaired) electrons. The maximum absolute atomic E-state index is 12.6. The third kappa shape index (κ3) is 4.81. The molecule has 0 atom stereocenters. The SMILES string of the molecule is CN(C)c1ncncc1NC(=O)c1cccc(NC(=O)C2CCCCC2)c1. The van der Waals surface area contributed by atoms with Gasteiger partial charge < -0.3 is 15.5 Å². The number of rotatable bonds is 5. The van der Waals surface area contributed by atoms with Crippen LogP contribution in [0.2, 0.25) is 0 Å². The van der Waals surface area contributed by atoms with Gasteiger partial charge in [0.15, 0.2) is 5.82 Å². The highest BCUT2D eigenvalue weighted by Gasteiger charge is 2.21. The van der Waals surface area contributed by atoms with Crippen LogP contribution in [0.4, 0.5) is 17.2 Å². The Kier molecular flexibility index (Phi) is 6.01. The van der Waals surface area contributed by atoms with Crippen molar-refractivity contribution in [3.05, 3.63) is 42.4 Å². The molecule has 1 heterocycles. The lowest BCUT2D eigenvalue weighted by atomic mass is 9.88. The van der Waals surface area contributed by atoms with Crippen LogP contribution in [0.1, 0.15) is 42.5 Å². The van der Waals surface area contributed by atoms with Gasteiger partial charge in [0.05, 0.1) is 6.20 Å². The number of anilines is 3. The number of carbonyl (C=O) groups is 2. The quantitative estimate of drug-likeness (QED) is 0.846. The third-order valence-corrected chi connectivity index (χ3v) is 4.73. The lowest BCUT2D eigenvalue weighted by Gasteiger charge is -2.21. The highest BCUT2D eigenvalue weighted by atomic mass is 16.2. The van der Waals surface area contributed by atoms with E-state index in [9.17, 15) is 9.59 Å². The third-order valence-electron chi connectivity index (χ3n) is 4.73. The number of nitrogens with zero attached hydrogens (tertiary/aromatic N) is 3. The van der Waals surface area contributed by atoms with Crippen molar-refractivity contribution in [1.82, 2.24) is 9.97 Å². The van der Waals surface area contributed by atoms with Gasteiger partial charge in [0.25, 0.3) is 5.91 Å². The van der Waals surface area contributed by atoms with Crippen LogP contribution < -0.4 is 15.5 Å². The topological polar surface area (TPSA) is 87.2 Å². The molecule has 27 heavy (non-hydrogen) atoms. The molecule has 1 aromatic heterocycles. The fourth-order valence-electron chi connectivity index (χ4n) is 3.31. The van der Waals surface area contributed by atoms with Crippen molar-refractivity contribution in [3.8, 4) is 0 Å². The van der Waals surface area contributed by atoms with E-state index in [4.69, 9.17) is 0 Å². The van der Waals surface area contributed by atoms with Crippen LogP contribution in [-0.4, -0.2) is 35.9 Å². The lowest BCUT2D eigenvalue weighted by Crippen LogP contribution is -2.25. The molecule has 1 aliphatic rings. The van der Waals surface area contributed by atoms with Gasteiger partial charge in [0.1, 0.15) is 12.0 Å². The monoisotopic (exact) mass is 367 g/mol. The number of amides is 2. The number of benzene rings is 1. The minimum absolute atomic E-state index is 0.0404. The van der Waals surface area contributed by atoms with Gasteiger partial charge in [-0.05, 0) is 31.0 Å². The summed E-state index contributed by atoms with van der Waals surface area (Å²) in [5, 5.41) is 5.78. The summed E-state index contributed by atoms with van der Waals surface area (Å²) in [4.78, 5) is 35.0. The largest absolute Gasteiger partial charge is 0.361 e. The lowest BCUT2D eigenvalue weighted by molar-refractivity contribution is -0.120. The Bertz CT molecular complexity index is 816. The van der Waals surface area contributed by atoms with E-state index in [0.29, 0.717) is 22.8 Å². The zero-order valence-electron chi connectivity index (χ0n) is 15.7. The molecule has 1 aromatic carbocycles. The smallest absolute Gasteiger partial charge is 0.255 e. The highest BCUT2D eigenvalue weighted by molar-refractivity contribution is 6.06. The van der Waals surface area contributed by atoms with E-state index in [-0.39, 0.29) is 17.7 Å². The van der Waals surface area contributed by atoms with Gasteiger partial charge in [-0.15, -0.1) is 0 Å². The molecule has 0 spiro atoms. The summed E-state index contributed by atoms with van der Waals surface area (Å²) >= 11 is 0. The second kappa shape index (κ2) is 8.62. The molecule has 2 aromatic rings. The minimum atomic E-state index is -0.276. The maximum Gasteiger partial charge on any atom is 0.255 e. The molecular weight excluding hydrogens is 342 g/mol. The molecule has 3 rings (SSSR count). The molecule has 7 nitrogen and oxygen atoms in total. The summed E-state index contributed by atoms with van der Waals surface area (Å²) in [5.74, 6) is 0.459. The molecule has 2 amide bonds. The highest BCUT2D eigenvalue weighted by Crippen LogP contribution is 2.25. The molecule has 0 bridgehead atoms. The van der Waals surface area contributed by atoms with Crippen molar-refractivity contribution in [2.24, 2.45) is 5.92 Å². The Labute approximate surface area is 159 Å². The van der Waals surface area contributed by atoms with Gasteiger partial charge in [-0.3, -0.25) is 9.59 Å². The number of hydrogen-bond donors (Lipinski definition) is 2. The molecule has 1 aliphatic carbocycles. The van der Waals surface area contributed by atoms with Crippen LogP contribution >= 0.6 is 0 Å². The maximum atomic E-state index is 12.6. The van der Waals surface area contributed by atoms with E-state index in [1.54, 1.807) is 35.4 Å². The molecule has 7 heteroatoms. The number of hydrogen-bond acceptors (Lipinski definition) is 5. The van der Waals surface area contributed by atoms with Crippen LogP contribution in [0.15, 0.2) is 36.8 Å². The number of aromatic nitrogens is 2. The predicted octanol–water partition coefficient (Wildman–Crippen LogP) is 3.31. The van der Waals surface area contributed by atoms with Crippen LogP contribution in [0.25, 0.3) is 0 Å². The van der Waals surface area contributed by atoms with Crippen molar-refractivity contribution >= 4 is 29.0 Å². The van der Waals surface area contributed by atoms with Gasteiger partial charge in [0, 0.05) is 31.3 Å². The van der Waals surface area contributed by atoms with Crippen LogP contribution in [0.3, 0.4) is 0 Å². The fourth-order valence-corrected chi connectivity index (χ4v) is 3.31. The van der Waals surface area contributed by atoms with Crippen LogP contribution in [-0.2, 0) is 4.79 Å². The van der Waals surface area contributed by atoms with E-state index < -0.39 is 0 Å². The Hall–Kier alpha value is -2.96. The summed E-state index contributed by atoms with van der Waals surface area (Å²) in [6, 6.07) is 6.97. The second-order valence-electron chi connectivity index (χ2n) is 7.01. The van der Waals surface area contributed by atoms with Crippen molar-refractivity contribution in [3.63, 3.8) is 0 Å². The molecule has 0 saturated heterocycles. The molecular formula is C20H25N5O2. The van der Waals surface area contributed by atoms with E-state index in [1.165, 1.54) is 12.7 Å². The van der Waals surface area contributed by atoms with Gasteiger partial charge in [-0.1, -0.05) is 25.3 Å². The second-order valence-corrected chi connectivity index (χ2v) is 7.01. The van der Waals surface area contributed by atoms with E-state index in [2.05, 4.69) is 20.6 Å². The summed E-state index contributed by atoms with van der Waals surface area (Å²) in [6.45, 7) is 0.